The summed E-state index contributed by atoms with van der Waals surface area (Å²) in [6.45, 7) is 5.40. The average Bonchev–Trinajstić information content (AvgIpc) is 2.25. The minimum atomic E-state index is -1.62. The van der Waals surface area contributed by atoms with E-state index in [0.29, 0.717) is 6.54 Å². The summed E-state index contributed by atoms with van der Waals surface area (Å²) in [5, 5.41) is 2.85. The van der Waals surface area contributed by atoms with E-state index in [4.69, 9.17) is 0 Å². The van der Waals surface area contributed by atoms with Crippen LogP contribution in [0.5, 0.6) is 0 Å². The second-order valence-corrected chi connectivity index (χ2v) is 4.21. The minimum absolute atomic E-state index is 0.449. The lowest BCUT2D eigenvalue weighted by Crippen LogP contribution is -2.47. The SMILES string of the molecule is CCNC(C)(C)C(=O)c1ccc(F)c(F)c1F. The average molecular weight is 245 g/mol. The van der Waals surface area contributed by atoms with E-state index in [0.717, 1.165) is 12.1 Å². The fourth-order valence-electron chi connectivity index (χ4n) is 1.56. The monoisotopic (exact) mass is 245 g/mol. The van der Waals surface area contributed by atoms with Crippen molar-refractivity contribution in [3.63, 3.8) is 0 Å². The topological polar surface area (TPSA) is 29.1 Å². The summed E-state index contributed by atoms with van der Waals surface area (Å²) in [5.41, 5.74) is -1.48. The first-order chi connectivity index (χ1) is 7.81. The minimum Gasteiger partial charge on any atom is -0.305 e. The Bertz CT molecular complexity index is 444. The van der Waals surface area contributed by atoms with Crippen molar-refractivity contribution >= 4 is 5.78 Å². The van der Waals surface area contributed by atoms with Crippen LogP contribution in [0.15, 0.2) is 12.1 Å². The van der Waals surface area contributed by atoms with Crippen molar-refractivity contribution in [1.82, 2.24) is 5.32 Å². The van der Waals surface area contributed by atoms with Gasteiger partial charge in [-0.3, -0.25) is 4.79 Å². The molecular weight excluding hydrogens is 231 g/mol. The van der Waals surface area contributed by atoms with Gasteiger partial charge in [0.05, 0.1) is 11.1 Å². The fraction of sp³-hybridized carbons (Fsp3) is 0.417. The van der Waals surface area contributed by atoms with Gasteiger partial charge in [0.1, 0.15) is 0 Å². The van der Waals surface area contributed by atoms with Crippen LogP contribution < -0.4 is 5.32 Å². The quantitative estimate of drug-likeness (QED) is 0.652. The van der Waals surface area contributed by atoms with Gasteiger partial charge in [-0.05, 0) is 32.5 Å². The molecular formula is C12H14F3NO. The molecule has 0 aliphatic carbocycles. The van der Waals surface area contributed by atoms with Crippen molar-refractivity contribution in [1.29, 1.82) is 0 Å². The predicted molar refractivity (Wildman–Crippen MR) is 58.4 cm³/mol. The Balaban J connectivity index is 3.18. The van der Waals surface area contributed by atoms with E-state index in [1.807, 2.05) is 0 Å². The molecule has 0 aromatic heterocycles. The van der Waals surface area contributed by atoms with Crippen LogP contribution in [-0.4, -0.2) is 17.9 Å². The number of hydrogen-bond donors (Lipinski definition) is 1. The molecule has 17 heavy (non-hydrogen) atoms. The molecule has 2 nitrogen and oxygen atoms in total. The third-order valence-corrected chi connectivity index (χ3v) is 2.47. The predicted octanol–water partition coefficient (Wildman–Crippen LogP) is 2.67. The summed E-state index contributed by atoms with van der Waals surface area (Å²) in [5.74, 6) is -4.99. The highest BCUT2D eigenvalue weighted by Gasteiger charge is 2.31. The lowest BCUT2D eigenvalue weighted by molar-refractivity contribution is 0.0878. The highest BCUT2D eigenvalue weighted by molar-refractivity contribution is 6.02. The molecule has 0 bridgehead atoms. The highest BCUT2D eigenvalue weighted by Crippen LogP contribution is 2.20. The summed E-state index contributed by atoms with van der Waals surface area (Å²) in [4.78, 5) is 11.9. The molecule has 0 heterocycles. The molecule has 1 N–H and O–H groups in total. The Morgan fingerprint density at radius 2 is 1.82 bits per heavy atom. The zero-order valence-corrected chi connectivity index (χ0v) is 9.90. The number of benzene rings is 1. The number of ketones is 1. The summed E-state index contributed by atoms with van der Waals surface area (Å²) in [7, 11) is 0. The molecule has 1 aromatic carbocycles. The van der Waals surface area contributed by atoms with E-state index >= 15 is 0 Å². The van der Waals surface area contributed by atoms with Gasteiger partial charge in [0.15, 0.2) is 23.2 Å². The van der Waals surface area contributed by atoms with Crippen LogP contribution in [0.2, 0.25) is 0 Å². The molecule has 1 rings (SSSR count). The van der Waals surface area contributed by atoms with Crippen molar-refractivity contribution in [3.8, 4) is 0 Å². The van der Waals surface area contributed by atoms with Crippen LogP contribution in [-0.2, 0) is 0 Å². The van der Waals surface area contributed by atoms with Gasteiger partial charge in [-0.15, -0.1) is 0 Å². The molecule has 5 heteroatoms. The molecule has 1 aromatic rings. The number of hydrogen-bond acceptors (Lipinski definition) is 2. The standard InChI is InChI=1S/C12H14F3NO/c1-4-16-12(2,3)11(17)7-5-6-8(13)10(15)9(7)14/h5-6,16H,4H2,1-3H3. The lowest BCUT2D eigenvalue weighted by Gasteiger charge is -2.24. The number of rotatable bonds is 4. The zero-order valence-electron chi connectivity index (χ0n) is 9.90. The summed E-state index contributed by atoms with van der Waals surface area (Å²) in [6.07, 6.45) is 0. The second-order valence-electron chi connectivity index (χ2n) is 4.21. The molecule has 0 saturated heterocycles. The third kappa shape index (κ3) is 2.66. The van der Waals surface area contributed by atoms with Crippen LogP contribution in [0, 0.1) is 17.5 Å². The largest absolute Gasteiger partial charge is 0.305 e. The van der Waals surface area contributed by atoms with Crippen LogP contribution in [0.1, 0.15) is 31.1 Å². The highest BCUT2D eigenvalue weighted by atomic mass is 19.2. The first kappa shape index (κ1) is 13.7. The van der Waals surface area contributed by atoms with E-state index in [-0.39, 0.29) is 0 Å². The van der Waals surface area contributed by atoms with Crippen molar-refractivity contribution in [3.05, 3.63) is 35.1 Å². The maximum Gasteiger partial charge on any atom is 0.195 e. The van der Waals surface area contributed by atoms with E-state index in [1.54, 1.807) is 20.8 Å². The summed E-state index contributed by atoms with van der Waals surface area (Å²) < 4.78 is 39.1. The van der Waals surface area contributed by atoms with Gasteiger partial charge in [-0.1, -0.05) is 6.92 Å². The normalized spacial score (nSPS) is 11.6. The summed E-state index contributed by atoms with van der Waals surface area (Å²) >= 11 is 0. The number of halogens is 3. The van der Waals surface area contributed by atoms with Crippen molar-refractivity contribution < 1.29 is 18.0 Å². The van der Waals surface area contributed by atoms with Crippen molar-refractivity contribution in [2.75, 3.05) is 6.54 Å². The molecule has 0 aliphatic rings. The lowest BCUT2D eigenvalue weighted by atomic mass is 9.92. The van der Waals surface area contributed by atoms with Gasteiger partial charge in [-0.2, -0.15) is 0 Å². The number of nitrogens with one attached hydrogen (secondary N) is 1. The van der Waals surface area contributed by atoms with Crippen molar-refractivity contribution in [2.45, 2.75) is 26.3 Å². The number of likely N-dealkylation sites (N-methyl/N-ethyl adjacent to an activating group) is 1. The number of Topliss-reactive ketones (excluding diaryl/α,β-unsaturated/α-hetero) is 1. The molecule has 0 aliphatic heterocycles. The molecule has 94 valence electrons. The fourth-order valence-corrected chi connectivity index (χ4v) is 1.56. The molecule has 0 atom stereocenters. The van der Waals surface area contributed by atoms with Gasteiger partial charge >= 0.3 is 0 Å². The van der Waals surface area contributed by atoms with Gasteiger partial charge in [0.2, 0.25) is 0 Å². The Morgan fingerprint density at radius 3 is 2.35 bits per heavy atom. The Labute approximate surface area is 97.8 Å². The van der Waals surface area contributed by atoms with E-state index < -0.39 is 34.3 Å². The van der Waals surface area contributed by atoms with Gasteiger partial charge in [0, 0.05) is 0 Å². The van der Waals surface area contributed by atoms with E-state index in [9.17, 15) is 18.0 Å². The molecule has 0 spiro atoms. The molecule has 0 radical (unpaired) electrons. The van der Waals surface area contributed by atoms with Crippen LogP contribution in [0.25, 0.3) is 0 Å². The van der Waals surface area contributed by atoms with Crippen molar-refractivity contribution in [2.24, 2.45) is 0 Å². The Hall–Kier alpha value is -1.36. The summed E-state index contributed by atoms with van der Waals surface area (Å²) in [6, 6.07) is 1.70. The van der Waals surface area contributed by atoms with E-state index in [2.05, 4.69) is 5.32 Å². The molecule has 0 unspecified atom stereocenters. The Morgan fingerprint density at radius 1 is 1.24 bits per heavy atom. The van der Waals surface area contributed by atoms with Crippen LogP contribution in [0.4, 0.5) is 13.2 Å². The number of carbonyl (C=O) groups excluding carboxylic acids is 1. The molecule has 0 fully saturated rings. The van der Waals surface area contributed by atoms with Crippen LogP contribution >= 0.6 is 0 Å². The Kier molecular flexibility index (Phi) is 3.93. The maximum absolute atomic E-state index is 13.4. The van der Waals surface area contributed by atoms with Gasteiger partial charge in [-0.25, -0.2) is 13.2 Å². The van der Waals surface area contributed by atoms with Gasteiger partial charge in [0.25, 0.3) is 0 Å². The first-order valence-corrected chi connectivity index (χ1v) is 5.24. The molecule has 0 amide bonds. The van der Waals surface area contributed by atoms with Crippen LogP contribution in [0.3, 0.4) is 0 Å². The van der Waals surface area contributed by atoms with E-state index in [1.165, 1.54) is 0 Å². The maximum atomic E-state index is 13.4. The smallest absolute Gasteiger partial charge is 0.195 e. The first-order valence-electron chi connectivity index (χ1n) is 5.24. The second kappa shape index (κ2) is 4.87. The zero-order chi connectivity index (χ0) is 13.2. The van der Waals surface area contributed by atoms with Gasteiger partial charge < -0.3 is 5.32 Å². The molecule has 0 saturated carbocycles. The third-order valence-electron chi connectivity index (χ3n) is 2.47. The number of carbonyl (C=O) groups is 1.